The molecule has 9 heteroatoms. The normalized spacial score (nSPS) is 14.7. The SMILES string of the molecule is CCn1c(SCc2csc(-c3ccc4c(c3)OCO4)n2)nnc1-c1csc2c1CCCC2. The van der Waals surface area contributed by atoms with Gasteiger partial charge in [-0.15, -0.1) is 32.9 Å². The van der Waals surface area contributed by atoms with Gasteiger partial charge in [-0.3, -0.25) is 0 Å². The Morgan fingerprint density at radius 3 is 2.91 bits per heavy atom. The van der Waals surface area contributed by atoms with Gasteiger partial charge in [0.1, 0.15) is 5.01 Å². The number of thiophene rings is 1. The zero-order chi connectivity index (χ0) is 21.5. The lowest BCUT2D eigenvalue weighted by atomic mass is 9.96. The van der Waals surface area contributed by atoms with Gasteiger partial charge in [0, 0.05) is 39.1 Å². The van der Waals surface area contributed by atoms with E-state index in [2.05, 4.69) is 32.4 Å². The molecule has 0 spiro atoms. The molecule has 0 fully saturated rings. The number of hydrogen-bond donors (Lipinski definition) is 0. The first-order valence-electron chi connectivity index (χ1n) is 10.8. The van der Waals surface area contributed by atoms with Gasteiger partial charge in [0.2, 0.25) is 6.79 Å². The minimum absolute atomic E-state index is 0.285. The molecule has 1 aliphatic heterocycles. The standard InChI is InChI=1S/C23H22N4O2S3/c1-2-27-21(17-12-30-20-6-4-3-5-16(17)20)25-26-23(27)32-11-15-10-31-22(24-15)14-7-8-18-19(9-14)29-13-28-18/h7-10,12H,2-6,11,13H2,1H3. The number of aromatic nitrogens is 4. The highest BCUT2D eigenvalue weighted by atomic mass is 32.2. The van der Waals surface area contributed by atoms with Crippen LogP contribution in [-0.4, -0.2) is 26.5 Å². The van der Waals surface area contributed by atoms with Crippen molar-refractivity contribution in [3.63, 3.8) is 0 Å². The molecular weight excluding hydrogens is 460 g/mol. The van der Waals surface area contributed by atoms with Crippen molar-refractivity contribution in [1.82, 2.24) is 19.7 Å². The van der Waals surface area contributed by atoms with Crippen molar-refractivity contribution in [2.45, 2.75) is 50.1 Å². The van der Waals surface area contributed by atoms with Gasteiger partial charge in [-0.25, -0.2) is 4.98 Å². The van der Waals surface area contributed by atoms with Crippen LogP contribution in [0, 0.1) is 0 Å². The van der Waals surface area contributed by atoms with Gasteiger partial charge in [0.15, 0.2) is 22.5 Å². The van der Waals surface area contributed by atoms with Crippen molar-refractivity contribution in [2.75, 3.05) is 6.79 Å². The minimum Gasteiger partial charge on any atom is -0.454 e. The second kappa shape index (κ2) is 8.53. The van der Waals surface area contributed by atoms with Gasteiger partial charge in [-0.1, -0.05) is 11.8 Å². The van der Waals surface area contributed by atoms with Gasteiger partial charge in [0.05, 0.1) is 5.69 Å². The first kappa shape index (κ1) is 20.3. The summed E-state index contributed by atoms with van der Waals surface area (Å²) < 4.78 is 13.1. The molecule has 0 radical (unpaired) electrons. The van der Waals surface area contributed by atoms with E-state index in [1.54, 1.807) is 23.1 Å². The molecule has 6 rings (SSSR count). The summed E-state index contributed by atoms with van der Waals surface area (Å²) in [5.74, 6) is 3.35. The Hall–Kier alpha value is -2.36. The monoisotopic (exact) mass is 482 g/mol. The van der Waals surface area contributed by atoms with Crippen LogP contribution in [-0.2, 0) is 25.1 Å². The highest BCUT2D eigenvalue weighted by Crippen LogP contribution is 2.38. The van der Waals surface area contributed by atoms with Crippen LogP contribution < -0.4 is 9.47 Å². The van der Waals surface area contributed by atoms with Gasteiger partial charge >= 0.3 is 0 Å². The fourth-order valence-electron chi connectivity index (χ4n) is 4.24. The number of nitrogens with zero attached hydrogens (tertiary/aromatic N) is 4. The number of fused-ring (bicyclic) bond motifs is 2. The van der Waals surface area contributed by atoms with Crippen LogP contribution in [0.3, 0.4) is 0 Å². The third-order valence-corrected chi connectivity index (χ3v) is 8.88. The van der Waals surface area contributed by atoms with Crippen LogP contribution in [0.5, 0.6) is 11.5 Å². The molecule has 0 saturated heterocycles. The van der Waals surface area contributed by atoms with E-state index in [9.17, 15) is 0 Å². The lowest BCUT2D eigenvalue weighted by Gasteiger charge is -2.13. The Kier molecular flexibility index (Phi) is 5.40. The highest BCUT2D eigenvalue weighted by molar-refractivity contribution is 7.98. The fraction of sp³-hybridized carbons (Fsp3) is 0.348. The maximum atomic E-state index is 5.50. The van der Waals surface area contributed by atoms with Crippen molar-refractivity contribution in [3.8, 4) is 33.5 Å². The van der Waals surface area contributed by atoms with E-state index in [-0.39, 0.29) is 6.79 Å². The molecule has 1 aromatic carbocycles. The summed E-state index contributed by atoms with van der Waals surface area (Å²) in [5, 5.41) is 15.5. The quantitative estimate of drug-likeness (QED) is 0.312. The molecule has 6 nitrogen and oxygen atoms in total. The van der Waals surface area contributed by atoms with Crippen LogP contribution >= 0.6 is 34.4 Å². The van der Waals surface area contributed by atoms with Crippen molar-refractivity contribution >= 4 is 34.4 Å². The maximum Gasteiger partial charge on any atom is 0.231 e. The zero-order valence-corrected chi connectivity index (χ0v) is 20.1. The average Bonchev–Trinajstić information content (AvgIpc) is 3.62. The molecule has 4 aromatic rings. The van der Waals surface area contributed by atoms with E-state index >= 15 is 0 Å². The number of rotatable bonds is 6. The summed E-state index contributed by atoms with van der Waals surface area (Å²) in [6, 6.07) is 5.98. The Bertz CT molecular complexity index is 1280. The molecular formula is C23H22N4O2S3. The van der Waals surface area contributed by atoms with Gasteiger partial charge < -0.3 is 14.0 Å². The van der Waals surface area contributed by atoms with Crippen LogP contribution in [0.4, 0.5) is 0 Å². The Morgan fingerprint density at radius 1 is 1.06 bits per heavy atom. The van der Waals surface area contributed by atoms with Gasteiger partial charge in [0.25, 0.3) is 0 Å². The molecule has 4 heterocycles. The molecule has 32 heavy (non-hydrogen) atoms. The number of thiazole rings is 1. The number of benzene rings is 1. The smallest absolute Gasteiger partial charge is 0.231 e. The summed E-state index contributed by atoms with van der Waals surface area (Å²) >= 11 is 5.23. The average molecular weight is 483 g/mol. The topological polar surface area (TPSA) is 62.1 Å². The van der Waals surface area contributed by atoms with Crippen LogP contribution in [0.15, 0.2) is 34.1 Å². The van der Waals surface area contributed by atoms with Crippen LogP contribution in [0.1, 0.15) is 35.9 Å². The predicted octanol–water partition coefficient (Wildman–Crippen LogP) is 6.05. The highest BCUT2D eigenvalue weighted by Gasteiger charge is 2.22. The molecule has 0 N–H and O–H groups in total. The lowest BCUT2D eigenvalue weighted by Crippen LogP contribution is -2.03. The van der Waals surface area contributed by atoms with Crippen molar-refractivity contribution in [2.24, 2.45) is 0 Å². The molecule has 0 amide bonds. The number of aryl methyl sites for hydroxylation is 1. The lowest BCUT2D eigenvalue weighted by molar-refractivity contribution is 0.174. The summed E-state index contributed by atoms with van der Waals surface area (Å²) in [5.41, 5.74) is 4.88. The second-order valence-electron chi connectivity index (χ2n) is 7.81. The van der Waals surface area contributed by atoms with E-state index in [1.165, 1.54) is 35.3 Å². The fourth-order valence-corrected chi connectivity index (χ4v) is 7.18. The van der Waals surface area contributed by atoms with Crippen LogP contribution in [0.25, 0.3) is 22.0 Å². The summed E-state index contributed by atoms with van der Waals surface area (Å²) in [7, 11) is 0. The predicted molar refractivity (Wildman–Crippen MR) is 129 cm³/mol. The van der Waals surface area contributed by atoms with Gasteiger partial charge in [-0.05, 0) is 56.4 Å². The molecule has 164 valence electrons. The Labute approximate surface area is 198 Å². The maximum absolute atomic E-state index is 5.50. The summed E-state index contributed by atoms with van der Waals surface area (Å²) in [6.07, 6.45) is 4.94. The Morgan fingerprint density at radius 2 is 1.97 bits per heavy atom. The first-order chi connectivity index (χ1) is 15.8. The summed E-state index contributed by atoms with van der Waals surface area (Å²) in [6.45, 7) is 3.30. The van der Waals surface area contributed by atoms with E-state index in [0.29, 0.717) is 0 Å². The third kappa shape index (κ3) is 3.62. The van der Waals surface area contributed by atoms with Crippen molar-refractivity contribution in [3.05, 3.63) is 45.1 Å². The van der Waals surface area contributed by atoms with Gasteiger partial charge in [-0.2, -0.15) is 0 Å². The van der Waals surface area contributed by atoms with Crippen LogP contribution in [0.2, 0.25) is 0 Å². The van der Waals surface area contributed by atoms with E-state index in [0.717, 1.165) is 57.5 Å². The van der Waals surface area contributed by atoms with Crippen molar-refractivity contribution in [1.29, 1.82) is 0 Å². The molecule has 0 unspecified atom stereocenters. The van der Waals surface area contributed by atoms with E-state index < -0.39 is 0 Å². The van der Waals surface area contributed by atoms with E-state index in [4.69, 9.17) is 14.5 Å². The second-order valence-corrected chi connectivity index (χ2v) is 10.6. The molecule has 1 aliphatic carbocycles. The molecule has 3 aromatic heterocycles. The molecule has 0 atom stereocenters. The molecule has 0 bridgehead atoms. The largest absolute Gasteiger partial charge is 0.454 e. The van der Waals surface area contributed by atoms with Crippen molar-refractivity contribution < 1.29 is 9.47 Å². The Balaban J connectivity index is 1.20. The molecule has 2 aliphatic rings. The number of hydrogen-bond acceptors (Lipinski definition) is 8. The number of ether oxygens (including phenoxy) is 2. The zero-order valence-electron chi connectivity index (χ0n) is 17.7. The third-order valence-electron chi connectivity index (χ3n) is 5.86. The number of thioether (sulfide) groups is 1. The summed E-state index contributed by atoms with van der Waals surface area (Å²) in [4.78, 5) is 6.37. The molecule has 0 saturated carbocycles. The first-order valence-corrected chi connectivity index (χ1v) is 13.5. The minimum atomic E-state index is 0.285. The van der Waals surface area contributed by atoms with E-state index in [1.807, 2.05) is 29.5 Å².